The van der Waals surface area contributed by atoms with Gasteiger partial charge >= 0.3 is 11.7 Å². The summed E-state index contributed by atoms with van der Waals surface area (Å²) >= 11 is 12.7. The Labute approximate surface area is 247 Å². The number of hydrogen-bond acceptors (Lipinski definition) is 3. The number of imidazole rings is 1. The van der Waals surface area contributed by atoms with Crippen molar-refractivity contribution in [3.8, 4) is 0 Å². The number of hydrogen-bond donors (Lipinski definition) is 2. The van der Waals surface area contributed by atoms with E-state index in [4.69, 9.17) is 23.2 Å². The number of carbonyl (C=O) groups is 2. The number of carboxylic acids is 1. The van der Waals surface area contributed by atoms with Crippen molar-refractivity contribution in [2.24, 2.45) is 11.3 Å². The number of para-hydroxylation sites is 2. The van der Waals surface area contributed by atoms with E-state index in [1.165, 1.54) is 0 Å². The molecule has 41 heavy (non-hydrogen) atoms. The lowest BCUT2D eigenvalue weighted by Gasteiger charge is -2.52. The number of carboxylic acid groups (broad SMARTS) is 1. The number of amides is 1. The molecule has 0 bridgehead atoms. The standard InChI is InChI=1S/C32H31Cl2N3O4/c1-32(17-28(38)39)16-24(21-5-4-6-23(34)15-21)29(20-11-13-22(33)14-12-20)37(30(32)40)27(19-9-10-19)18-36-26-8-3-2-7-25(26)35-31(36)41/h2-8,11-15,19,24,27,29H,9-10,16-18H2,1H3,(H,35,41)(H,38,39)/t24-,27-,29-,32+/m1/s1. The van der Waals surface area contributed by atoms with E-state index in [0.717, 1.165) is 35.0 Å². The highest BCUT2D eigenvalue weighted by Crippen LogP contribution is 2.54. The molecule has 0 unspecified atom stereocenters. The van der Waals surface area contributed by atoms with Gasteiger partial charge in [0.1, 0.15) is 0 Å². The number of likely N-dealkylation sites (tertiary alicyclic amines) is 1. The van der Waals surface area contributed by atoms with Gasteiger partial charge < -0.3 is 15.0 Å². The summed E-state index contributed by atoms with van der Waals surface area (Å²) in [5.74, 6) is -1.28. The van der Waals surface area contributed by atoms with Crippen LogP contribution in [-0.2, 0) is 16.1 Å². The molecule has 0 radical (unpaired) electrons. The molecule has 2 N–H and O–H groups in total. The number of nitrogens with one attached hydrogen (secondary N) is 1. The van der Waals surface area contributed by atoms with Gasteiger partial charge in [0, 0.05) is 22.5 Å². The number of halogens is 2. The lowest BCUT2D eigenvalue weighted by atomic mass is 9.67. The van der Waals surface area contributed by atoms with Crippen molar-refractivity contribution < 1.29 is 14.7 Å². The highest BCUT2D eigenvalue weighted by molar-refractivity contribution is 6.30. The fourth-order valence-electron chi connectivity index (χ4n) is 6.67. The predicted molar refractivity (Wildman–Crippen MR) is 159 cm³/mol. The highest BCUT2D eigenvalue weighted by atomic mass is 35.5. The number of H-pyrrole nitrogens is 1. The summed E-state index contributed by atoms with van der Waals surface area (Å²) in [6.45, 7) is 2.06. The Morgan fingerprint density at radius 3 is 2.41 bits per heavy atom. The van der Waals surface area contributed by atoms with Crippen LogP contribution < -0.4 is 5.69 Å². The Hall–Kier alpha value is -3.55. The van der Waals surface area contributed by atoms with Gasteiger partial charge in [-0.2, -0.15) is 0 Å². The Bertz CT molecular complexity index is 1680. The number of benzene rings is 3. The number of rotatable bonds is 8. The fraction of sp³-hybridized carbons (Fsp3) is 0.344. The van der Waals surface area contributed by atoms with Crippen LogP contribution in [0.3, 0.4) is 0 Å². The molecule has 2 fully saturated rings. The molecule has 7 nitrogen and oxygen atoms in total. The van der Waals surface area contributed by atoms with Gasteiger partial charge in [0.25, 0.3) is 0 Å². The van der Waals surface area contributed by atoms with Gasteiger partial charge in [0.05, 0.1) is 35.0 Å². The van der Waals surface area contributed by atoms with Gasteiger partial charge in [-0.1, -0.05) is 66.5 Å². The van der Waals surface area contributed by atoms with Crippen LogP contribution >= 0.6 is 23.2 Å². The topological polar surface area (TPSA) is 95.4 Å². The van der Waals surface area contributed by atoms with Gasteiger partial charge in [-0.05, 0) is 72.7 Å². The van der Waals surface area contributed by atoms with Crippen molar-refractivity contribution in [1.82, 2.24) is 14.5 Å². The van der Waals surface area contributed by atoms with Crippen LogP contribution in [0.2, 0.25) is 10.0 Å². The first kappa shape index (κ1) is 27.6. The lowest BCUT2D eigenvalue weighted by Crippen LogP contribution is -2.57. The van der Waals surface area contributed by atoms with Crippen LogP contribution in [0.1, 0.15) is 55.7 Å². The molecular weight excluding hydrogens is 561 g/mol. The Kier molecular flexibility index (Phi) is 7.20. The number of aromatic nitrogens is 2. The van der Waals surface area contributed by atoms with Crippen LogP contribution in [-0.4, -0.2) is 37.5 Å². The molecule has 1 aliphatic heterocycles. The number of nitrogens with zero attached hydrogens (tertiary/aromatic N) is 2. The average Bonchev–Trinajstić information content (AvgIpc) is 3.72. The second-order valence-electron chi connectivity index (χ2n) is 11.7. The van der Waals surface area contributed by atoms with E-state index in [9.17, 15) is 19.5 Å². The quantitative estimate of drug-likeness (QED) is 0.240. The molecule has 1 saturated carbocycles. The third-order valence-corrected chi connectivity index (χ3v) is 9.19. The molecule has 9 heteroatoms. The number of aliphatic carboxylic acids is 1. The molecule has 2 aliphatic rings. The third-order valence-electron chi connectivity index (χ3n) is 8.71. The molecule has 1 amide bonds. The zero-order valence-electron chi connectivity index (χ0n) is 22.6. The normalized spacial score (nSPS) is 23.6. The molecule has 1 aliphatic carbocycles. The number of fused-ring (bicyclic) bond motifs is 1. The van der Waals surface area contributed by atoms with Gasteiger partial charge in [0.15, 0.2) is 0 Å². The van der Waals surface area contributed by atoms with Crippen molar-refractivity contribution >= 4 is 46.1 Å². The monoisotopic (exact) mass is 591 g/mol. The predicted octanol–water partition coefficient (Wildman–Crippen LogP) is 6.65. The first-order chi connectivity index (χ1) is 19.6. The molecule has 3 aromatic carbocycles. The zero-order valence-corrected chi connectivity index (χ0v) is 24.1. The van der Waals surface area contributed by atoms with Gasteiger partial charge in [-0.25, -0.2) is 4.79 Å². The molecule has 4 atom stereocenters. The Morgan fingerprint density at radius 2 is 1.73 bits per heavy atom. The van der Waals surface area contributed by atoms with Crippen molar-refractivity contribution in [3.63, 3.8) is 0 Å². The summed E-state index contributed by atoms with van der Waals surface area (Å²) in [5.41, 5.74) is 1.96. The molecule has 0 spiro atoms. The molecule has 212 valence electrons. The summed E-state index contributed by atoms with van der Waals surface area (Å²) in [6, 6.07) is 21.9. The minimum Gasteiger partial charge on any atom is -0.481 e. The average molecular weight is 593 g/mol. The van der Waals surface area contributed by atoms with E-state index >= 15 is 0 Å². The Morgan fingerprint density at radius 1 is 1.00 bits per heavy atom. The number of aromatic amines is 1. The van der Waals surface area contributed by atoms with Gasteiger partial charge in [-0.15, -0.1) is 0 Å². The second-order valence-corrected chi connectivity index (χ2v) is 12.5. The smallest absolute Gasteiger partial charge is 0.326 e. The highest BCUT2D eigenvalue weighted by Gasteiger charge is 2.54. The second kappa shape index (κ2) is 10.7. The van der Waals surface area contributed by atoms with Crippen LogP contribution in [0.25, 0.3) is 11.0 Å². The molecule has 1 aromatic heterocycles. The molecule has 1 saturated heterocycles. The summed E-state index contributed by atoms with van der Waals surface area (Å²) in [5, 5.41) is 11.1. The third kappa shape index (κ3) is 5.29. The van der Waals surface area contributed by atoms with Crippen molar-refractivity contribution in [1.29, 1.82) is 0 Å². The maximum Gasteiger partial charge on any atom is 0.326 e. The minimum atomic E-state index is -1.15. The van der Waals surface area contributed by atoms with E-state index in [-0.39, 0.29) is 35.9 Å². The number of carbonyl (C=O) groups excluding carboxylic acids is 1. The lowest BCUT2D eigenvalue weighted by molar-refractivity contribution is -0.161. The maximum atomic E-state index is 14.6. The van der Waals surface area contributed by atoms with Crippen LogP contribution in [0.15, 0.2) is 77.6 Å². The summed E-state index contributed by atoms with van der Waals surface area (Å²) < 4.78 is 1.71. The SMILES string of the molecule is C[C@@]1(CC(=O)O)C[C@H](c2cccc(Cl)c2)[C@@H](c2ccc(Cl)cc2)N([C@H](Cn2c(=O)[nH]c3ccccc32)C2CC2)C1=O. The maximum absolute atomic E-state index is 14.6. The van der Waals surface area contributed by atoms with Gasteiger partial charge in [0.2, 0.25) is 5.91 Å². The van der Waals surface area contributed by atoms with E-state index in [0.29, 0.717) is 23.0 Å². The molecular formula is C32H31Cl2N3O4. The fourth-order valence-corrected chi connectivity index (χ4v) is 6.99. The van der Waals surface area contributed by atoms with E-state index in [1.54, 1.807) is 17.6 Å². The van der Waals surface area contributed by atoms with Gasteiger partial charge in [-0.3, -0.25) is 14.2 Å². The number of piperidine rings is 1. The molecule has 2 heterocycles. The van der Waals surface area contributed by atoms with Crippen LogP contribution in [0.5, 0.6) is 0 Å². The minimum absolute atomic E-state index is 0.182. The summed E-state index contributed by atoms with van der Waals surface area (Å²) in [4.78, 5) is 44.8. The van der Waals surface area contributed by atoms with E-state index in [1.807, 2.05) is 71.6 Å². The van der Waals surface area contributed by atoms with Crippen molar-refractivity contribution in [2.75, 3.05) is 0 Å². The zero-order chi connectivity index (χ0) is 28.9. The van der Waals surface area contributed by atoms with E-state index < -0.39 is 17.4 Å². The molecule has 6 rings (SSSR count). The van der Waals surface area contributed by atoms with Crippen molar-refractivity contribution in [2.45, 2.75) is 57.2 Å². The largest absolute Gasteiger partial charge is 0.481 e. The van der Waals surface area contributed by atoms with Crippen LogP contribution in [0, 0.1) is 11.3 Å². The first-order valence-corrected chi connectivity index (χ1v) is 14.6. The molecule has 4 aromatic rings. The van der Waals surface area contributed by atoms with Crippen molar-refractivity contribution in [3.05, 3.63) is 104 Å². The van der Waals surface area contributed by atoms with Crippen LogP contribution in [0.4, 0.5) is 0 Å². The summed E-state index contributed by atoms with van der Waals surface area (Å²) in [6.07, 6.45) is 1.90. The first-order valence-electron chi connectivity index (χ1n) is 13.9. The Balaban J connectivity index is 1.54. The van der Waals surface area contributed by atoms with E-state index in [2.05, 4.69) is 4.98 Å². The summed E-state index contributed by atoms with van der Waals surface area (Å²) in [7, 11) is 0.